The molecule has 0 bridgehead atoms. The summed E-state index contributed by atoms with van der Waals surface area (Å²) in [6, 6.07) is -2.53. The molecular formula is C20H18F5N5O3. The van der Waals surface area contributed by atoms with Gasteiger partial charge in [0.1, 0.15) is 11.6 Å². The van der Waals surface area contributed by atoms with E-state index in [9.17, 15) is 31.9 Å². The van der Waals surface area contributed by atoms with Gasteiger partial charge < -0.3 is 25.1 Å². The third-order valence-electron chi connectivity index (χ3n) is 5.10. The zero-order valence-corrected chi connectivity index (χ0v) is 17.3. The topological polar surface area (TPSA) is 104 Å². The number of alkyl halides is 3. The third-order valence-corrected chi connectivity index (χ3v) is 5.10. The summed E-state index contributed by atoms with van der Waals surface area (Å²) in [7, 11) is 0. The molecule has 0 saturated carbocycles. The van der Waals surface area contributed by atoms with Gasteiger partial charge in [-0.05, 0) is 19.9 Å². The Balaban J connectivity index is 1.52. The largest absolute Gasteiger partial charge is 0.455 e. The highest BCUT2D eigenvalue weighted by Crippen LogP contribution is 2.39. The van der Waals surface area contributed by atoms with Crippen molar-refractivity contribution in [2.24, 2.45) is 0 Å². The molecule has 1 atom stereocenters. The molecule has 2 amide bonds. The van der Waals surface area contributed by atoms with Crippen molar-refractivity contribution in [2.45, 2.75) is 31.7 Å². The molecule has 1 fully saturated rings. The zero-order chi connectivity index (χ0) is 24.1. The molecule has 0 radical (unpaired) electrons. The Kier molecular flexibility index (Phi) is 5.39. The summed E-state index contributed by atoms with van der Waals surface area (Å²) in [5.41, 5.74) is -1.55. The number of benzene rings is 1. The van der Waals surface area contributed by atoms with E-state index in [4.69, 9.17) is 4.42 Å². The number of hydrogen-bond acceptors (Lipinski definition) is 6. The Morgan fingerprint density at radius 3 is 2.45 bits per heavy atom. The average Bonchev–Trinajstić information content (AvgIpc) is 3.01. The summed E-state index contributed by atoms with van der Waals surface area (Å²) in [5.74, 6) is -2.62. The number of fused-ring (bicyclic) bond motifs is 1. The van der Waals surface area contributed by atoms with Gasteiger partial charge in [0.15, 0.2) is 17.4 Å². The first-order chi connectivity index (χ1) is 15.3. The van der Waals surface area contributed by atoms with Crippen molar-refractivity contribution in [3.8, 4) is 0 Å². The molecule has 3 aromatic rings. The van der Waals surface area contributed by atoms with Gasteiger partial charge in [-0.25, -0.2) is 23.5 Å². The molecule has 0 aliphatic carbocycles. The fourth-order valence-corrected chi connectivity index (χ4v) is 3.60. The number of β-amino-alcohol motifs (C(OH)–C–C–N with tert-alkyl or cyclic N) is 1. The van der Waals surface area contributed by atoms with Gasteiger partial charge in [-0.1, -0.05) is 0 Å². The predicted molar refractivity (Wildman–Crippen MR) is 107 cm³/mol. The van der Waals surface area contributed by atoms with Crippen LogP contribution in [0, 0.1) is 18.6 Å². The number of furan rings is 1. The summed E-state index contributed by atoms with van der Waals surface area (Å²) >= 11 is 0. The summed E-state index contributed by atoms with van der Waals surface area (Å²) < 4.78 is 73.7. The van der Waals surface area contributed by atoms with Crippen LogP contribution in [0.1, 0.15) is 24.3 Å². The highest BCUT2D eigenvalue weighted by molar-refractivity contribution is 5.89. The Labute approximate surface area is 183 Å². The number of carbonyl (C=O) groups excluding carboxylic acids is 1. The number of aryl methyl sites for hydroxylation is 1. The van der Waals surface area contributed by atoms with Crippen molar-refractivity contribution >= 4 is 28.6 Å². The van der Waals surface area contributed by atoms with E-state index in [2.05, 4.69) is 15.3 Å². The minimum atomic E-state index is -5.00. The molecule has 33 heavy (non-hydrogen) atoms. The predicted octanol–water partition coefficient (Wildman–Crippen LogP) is 3.81. The number of amides is 2. The van der Waals surface area contributed by atoms with Gasteiger partial charge in [0.05, 0.1) is 36.8 Å². The van der Waals surface area contributed by atoms with E-state index in [-0.39, 0.29) is 22.6 Å². The summed E-state index contributed by atoms with van der Waals surface area (Å²) in [6.45, 7) is 3.48. The zero-order valence-electron chi connectivity index (χ0n) is 17.3. The van der Waals surface area contributed by atoms with Gasteiger partial charge in [0.25, 0.3) is 0 Å². The van der Waals surface area contributed by atoms with Crippen molar-refractivity contribution in [2.75, 3.05) is 23.3 Å². The normalized spacial score (nSPS) is 16.4. The molecule has 3 heterocycles. The second-order valence-corrected chi connectivity index (χ2v) is 8.05. The number of nitrogens with zero attached hydrogens (tertiary/aromatic N) is 3. The van der Waals surface area contributed by atoms with E-state index in [1.54, 1.807) is 17.1 Å². The number of aromatic nitrogens is 2. The van der Waals surface area contributed by atoms with Crippen LogP contribution in [-0.4, -0.2) is 46.0 Å². The van der Waals surface area contributed by atoms with Gasteiger partial charge >= 0.3 is 12.2 Å². The van der Waals surface area contributed by atoms with E-state index in [0.717, 1.165) is 6.07 Å². The standard InChI is InChI=1S/C20H18F5N5O3/c1-9-12-3-10(21)4-13(22)15(12)33-14(9)16(20(23,24)25)29-18(31)28-11-5-26-17(27-6-11)30-7-19(2,32)8-30/h3-6,16,32H,7-8H2,1-2H3,(H2,28,29,31). The number of anilines is 2. The minimum absolute atomic E-state index is 0.0129. The summed E-state index contributed by atoms with van der Waals surface area (Å²) in [5, 5.41) is 13.5. The number of halogens is 5. The fraction of sp³-hybridized carbons (Fsp3) is 0.350. The molecule has 1 aliphatic rings. The van der Waals surface area contributed by atoms with Gasteiger partial charge in [0.2, 0.25) is 5.95 Å². The van der Waals surface area contributed by atoms with Crippen molar-refractivity contribution in [3.05, 3.63) is 47.5 Å². The van der Waals surface area contributed by atoms with Crippen molar-refractivity contribution in [3.63, 3.8) is 0 Å². The lowest BCUT2D eigenvalue weighted by Crippen LogP contribution is -2.60. The smallest absolute Gasteiger partial charge is 0.416 e. The lowest BCUT2D eigenvalue weighted by molar-refractivity contribution is -0.158. The number of urea groups is 1. The SMILES string of the molecule is Cc1c(C(NC(=O)Nc2cnc(N3CC(C)(O)C3)nc2)C(F)(F)F)oc2c(F)cc(F)cc12. The molecule has 13 heteroatoms. The average molecular weight is 471 g/mol. The number of rotatable bonds is 4. The van der Waals surface area contributed by atoms with Gasteiger partial charge in [-0.2, -0.15) is 13.2 Å². The molecule has 1 aliphatic heterocycles. The molecule has 1 aromatic carbocycles. The summed E-state index contributed by atoms with van der Waals surface area (Å²) in [6.07, 6.45) is -2.61. The molecule has 2 aromatic heterocycles. The van der Waals surface area contributed by atoms with Crippen LogP contribution < -0.4 is 15.5 Å². The Morgan fingerprint density at radius 1 is 1.24 bits per heavy atom. The van der Waals surface area contributed by atoms with Gasteiger partial charge in [0, 0.05) is 17.0 Å². The van der Waals surface area contributed by atoms with E-state index in [0.29, 0.717) is 19.2 Å². The number of carbonyl (C=O) groups is 1. The molecule has 176 valence electrons. The first-order valence-electron chi connectivity index (χ1n) is 9.66. The molecule has 1 unspecified atom stereocenters. The van der Waals surface area contributed by atoms with Crippen LogP contribution in [0.3, 0.4) is 0 Å². The Bertz CT molecular complexity index is 1200. The molecule has 1 saturated heterocycles. The van der Waals surface area contributed by atoms with Crippen LogP contribution in [0.2, 0.25) is 0 Å². The molecule has 4 rings (SSSR count). The quantitative estimate of drug-likeness (QED) is 0.500. The van der Waals surface area contributed by atoms with E-state index < -0.39 is 46.8 Å². The van der Waals surface area contributed by atoms with E-state index in [1.165, 1.54) is 19.3 Å². The van der Waals surface area contributed by atoms with Gasteiger partial charge in [-0.15, -0.1) is 0 Å². The highest BCUT2D eigenvalue weighted by atomic mass is 19.4. The molecule has 8 nitrogen and oxygen atoms in total. The van der Waals surface area contributed by atoms with Crippen LogP contribution in [0.4, 0.5) is 38.4 Å². The van der Waals surface area contributed by atoms with Crippen LogP contribution in [0.5, 0.6) is 0 Å². The number of nitrogens with one attached hydrogen (secondary N) is 2. The maximum Gasteiger partial charge on any atom is 0.416 e. The second-order valence-electron chi connectivity index (χ2n) is 8.05. The molecular weight excluding hydrogens is 453 g/mol. The van der Waals surface area contributed by atoms with Crippen LogP contribution in [0.15, 0.2) is 28.9 Å². The third kappa shape index (κ3) is 4.53. The fourth-order valence-electron chi connectivity index (χ4n) is 3.60. The van der Waals surface area contributed by atoms with Crippen LogP contribution in [0.25, 0.3) is 11.0 Å². The summed E-state index contributed by atoms with van der Waals surface area (Å²) in [4.78, 5) is 22.0. The molecule has 0 spiro atoms. The van der Waals surface area contributed by atoms with Crippen LogP contribution >= 0.6 is 0 Å². The Hall–Kier alpha value is -3.48. The van der Waals surface area contributed by atoms with Crippen molar-refractivity contribution in [1.82, 2.24) is 15.3 Å². The van der Waals surface area contributed by atoms with Gasteiger partial charge in [-0.3, -0.25) is 0 Å². The second kappa shape index (κ2) is 7.83. The Morgan fingerprint density at radius 2 is 1.88 bits per heavy atom. The maximum absolute atomic E-state index is 14.0. The first kappa shape index (κ1) is 22.7. The number of aliphatic hydroxyl groups is 1. The van der Waals surface area contributed by atoms with E-state index in [1.807, 2.05) is 0 Å². The maximum atomic E-state index is 14.0. The number of hydrogen-bond donors (Lipinski definition) is 3. The monoisotopic (exact) mass is 471 g/mol. The highest BCUT2D eigenvalue weighted by Gasteiger charge is 2.45. The first-order valence-corrected chi connectivity index (χ1v) is 9.66. The van der Waals surface area contributed by atoms with Crippen LogP contribution in [-0.2, 0) is 0 Å². The lowest BCUT2D eigenvalue weighted by Gasteiger charge is -2.44. The lowest BCUT2D eigenvalue weighted by atomic mass is 9.98. The van der Waals surface area contributed by atoms with E-state index >= 15 is 0 Å². The van der Waals surface area contributed by atoms with Crippen molar-refractivity contribution in [1.29, 1.82) is 0 Å². The molecule has 3 N–H and O–H groups in total. The van der Waals surface area contributed by atoms with Crippen molar-refractivity contribution < 1.29 is 36.3 Å². The minimum Gasteiger partial charge on any atom is -0.455 e.